The van der Waals surface area contributed by atoms with Crippen LogP contribution in [0.1, 0.15) is 19.4 Å². The zero-order valence-electron chi connectivity index (χ0n) is 13.6. The third kappa shape index (κ3) is 4.39. The van der Waals surface area contributed by atoms with Crippen molar-refractivity contribution in [1.82, 2.24) is 10.2 Å². The van der Waals surface area contributed by atoms with E-state index in [1.807, 2.05) is 38.1 Å². The Hall–Kier alpha value is -1.89. The average molecular weight is 390 g/mol. The van der Waals surface area contributed by atoms with Crippen LogP contribution in [-0.4, -0.2) is 16.8 Å². The lowest BCUT2D eigenvalue weighted by Crippen LogP contribution is -2.28. The normalized spacial score (nSPS) is 11.1. The number of hydrogen-bond donors (Lipinski definition) is 2. The Kier molecular flexibility index (Phi) is 6.76. The Balaban J connectivity index is 0.00000156. The van der Waals surface area contributed by atoms with Crippen molar-refractivity contribution in [2.75, 3.05) is 0 Å². The summed E-state index contributed by atoms with van der Waals surface area (Å²) in [5.74, 6) is 0.117. The molecule has 3 N–H and O–H groups in total. The van der Waals surface area contributed by atoms with Crippen LogP contribution in [0.4, 0.5) is 8.78 Å². The van der Waals surface area contributed by atoms with Crippen LogP contribution >= 0.6 is 24.8 Å². The number of hydrogen-bond acceptors (Lipinski definition) is 3. The second kappa shape index (κ2) is 7.99. The molecule has 4 nitrogen and oxygen atoms in total. The van der Waals surface area contributed by atoms with E-state index in [9.17, 15) is 8.78 Å². The average Bonchev–Trinajstić information content (AvgIpc) is 2.95. The van der Waals surface area contributed by atoms with E-state index >= 15 is 0 Å². The number of aromatic amines is 1. The Morgan fingerprint density at radius 1 is 1.08 bits per heavy atom. The number of rotatable bonds is 4. The van der Waals surface area contributed by atoms with Gasteiger partial charge in [-0.2, -0.15) is 13.9 Å². The Morgan fingerprint density at radius 3 is 2.28 bits per heavy atom. The number of benzene rings is 2. The molecule has 0 atom stereocenters. The Morgan fingerprint density at radius 2 is 1.72 bits per heavy atom. The molecule has 3 rings (SSSR count). The monoisotopic (exact) mass is 389 g/mol. The zero-order valence-corrected chi connectivity index (χ0v) is 15.3. The molecule has 1 heterocycles. The number of fused-ring (bicyclic) bond motifs is 1. The van der Waals surface area contributed by atoms with E-state index in [2.05, 4.69) is 10.2 Å². The molecule has 0 amide bonds. The number of aromatic nitrogens is 2. The highest BCUT2D eigenvalue weighted by Gasteiger charge is 2.18. The quantitative estimate of drug-likeness (QED) is 0.668. The van der Waals surface area contributed by atoms with Gasteiger partial charge < -0.3 is 10.5 Å². The van der Waals surface area contributed by atoms with E-state index in [-0.39, 0.29) is 30.6 Å². The topological polar surface area (TPSA) is 63.9 Å². The summed E-state index contributed by atoms with van der Waals surface area (Å²) in [5.41, 5.74) is 8.56. The number of nitrogens with zero attached hydrogens (tertiary/aromatic N) is 1. The van der Waals surface area contributed by atoms with Crippen LogP contribution in [0, 0.1) is 0 Å². The van der Waals surface area contributed by atoms with Crippen molar-refractivity contribution in [3.8, 4) is 16.9 Å². The van der Waals surface area contributed by atoms with Crippen molar-refractivity contribution < 1.29 is 13.5 Å². The lowest BCUT2D eigenvalue weighted by molar-refractivity contribution is -0.0484. The number of nitrogens with one attached hydrogen (secondary N) is 1. The van der Waals surface area contributed by atoms with Crippen LogP contribution in [0.3, 0.4) is 0 Å². The van der Waals surface area contributed by atoms with Gasteiger partial charge in [-0.05, 0) is 37.1 Å². The SMILES string of the molecule is CC(C)(N)c1ccc(-c2ccc3[nH]ncc3c2OC(F)F)cc1.Cl.Cl. The van der Waals surface area contributed by atoms with Gasteiger partial charge in [-0.15, -0.1) is 24.8 Å². The highest BCUT2D eigenvalue weighted by molar-refractivity contribution is 5.92. The molecule has 2 aromatic carbocycles. The standard InChI is InChI=1S/C17H17F2N3O.2ClH/c1-17(2,20)11-5-3-10(4-6-11)12-7-8-14-13(9-21-22-14)15(12)23-16(18)19;;/h3-9,16H,20H2,1-2H3,(H,21,22);2*1H. The van der Waals surface area contributed by atoms with Crippen LogP contribution in [-0.2, 0) is 5.54 Å². The summed E-state index contributed by atoms with van der Waals surface area (Å²) < 4.78 is 30.4. The molecule has 0 spiro atoms. The van der Waals surface area contributed by atoms with Crippen molar-refractivity contribution in [3.63, 3.8) is 0 Å². The van der Waals surface area contributed by atoms with E-state index < -0.39 is 12.2 Å². The number of H-pyrrole nitrogens is 1. The number of ether oxygens (including phenoxy) is 1. The highest BCUT2D eigenvalue weighted by atomic mass is 35.5. The maximum Gasteiger partial charge on any atom is 0.387 e. The van der Waals surface area contributed by atoms with Gasteiger partial charge in [-0.25, -0.2) is 0 Å². The van der Waals surface area contributed by atoms with Crippen molar-refractivity contribution >= 4 is 35.7 Å². The summed E-state index contributed by atoms with van der Waals surface area (Å²) in [4.78, 5) is 0. The fourth-order valence-electron chi connectivity index (χ4n) is 2.51. The van der Waals surface area contributed by atoms with Crippen LogP contribution < -0.4 is 10.5 Å². The van der Waals surface area contributed by atoms with Gasteiger partial charge in [0.05, 0.1) is 17.1 Å². The molecule has 0 saturated carbocycles. The fraction of sp³-hybridized carbons (Fsp3) is 0.235. The van der Waals surface area contributed by atoms with Crippen LogP contribution in [0.15, 0.2) is 42.6 Å². The van der Waals surface area contributed by atoms with Crippen LogP contribution in [0.25, 0.3) is 22.0 Å². The molecule has 0 saturated heterocycles. The molecule has 8 heteroatoms. The maximum absolute atomic E-state index is 12.8. The predicted octanol–water partition coefficient (Wildman–Crippen LogP) is 4.87. The van der Waals surface area contributed by atoms with Crippen LogP contribution in [0.5, 0.6) is 5.75 Å². The number of nitrogens with two attached hydrogens (primary N) is 1. The molecule has 0 radical (unpaired) electrons. The molecule has 0 unspecified atom stereocenters. The minimum atomic E-state index is -2.91. The molecule has 136 valence electrons. The highest BCUT2D eigenvalue weighted by Crippen LogP contribution is 2.37. The molecule has 0 bridgehead atoms. The largest absolute Gasteiger partial charge is 0.433 e. The first-order chi connectivity index (χ1) is 10.9. The molecule has 3 aromatic rings. The molecule has 0 aliphatic rings. The van der Waals surface area contributed by atoms with E-state index in [1.54, 1.807) is 12.1 Å². The maximum atomic E-state index is 12.8. The summed E-state index contributed by atoms with van der Waals surface area (Å²) in [6.07, 6.45) is 1.48. The lowest BCUT2D eigenvalue weighted by Gasteiger charge is -2.19. The predicted molar refractivity (Wildman–Crippen MR) is 99.9 cm³/mol. The minimum absolute atomic E-state index is 0. The molecule has 0 aliphatic heterocycles. The first-order valence-corrected chi connectivity index (χ1v) is 7.17. The summed E-state index contributed by atoms with van der Waals surface area (Å²) >= 11 is 0. The van der Waals surface area contributed by atoms with E-state index in [0.717, 1.165) is 11.1 Å². The smallest absolute Gasteiger partial charge is 0.387 e. The zero-order chi connectivity index (χ0) is 16.6. The molecular formula is C17H19Cl2F2N3O. The number of halogens is 4. The van der Waals surface area contributed by atoms with E-state index in [1.165, 1.54) is 6.20 Å². The van der Waals surface area contributed by atoms with Crippen molar-refractivity contribution in [2.24, 2.45) is 5.73 Å². The molecule has 25 heavy (non-hydrogen) atoms. The summed E-state index contributed by atoms with van der Waals surface area (Å²) in [6, 6.07) is 11.0. The minimum Gasteiger partial charge on any atom is -0.433 e. The van der Waals surface area contributed by atoms with Crippen molar-refractivity contribution in [2.45, 2.75) is 26.0 Å². The number of alkyl halides is 2. The van der Waals surface area contributed by atoms with Gasteiger partial charge in [-0.3, -0.25) is 5.10 Å². The lowest BCUT2D eigenvalue weighted by atomic mass is 9.93. The van der Waals surface area contributed by atoms with Gasteiger partial charge in [0.2, 0.25) is 0 Å². The third-order valence-corrected chi connectivity index (χ3v) is 3.72. The van der Waals surface area contributed by atoms with Crippen LogP contribution in [0.2, 0.25) is 0 Å². The van der Waals surface area contributed by atoms with Gasteiger partial charge in [0.25, 0.3) is 0 Å². The van der Waals surface area contributed by atoms with Gasteiger partial charge in [0, 0.05) is 11.1 Å². The first-order valence-electron chi connectivity index (χ1n) is 7.17. The second-order valence-corrected chi connectivity index (χ2v) is 5.95. The Bertz CT molecular complexity index is 830. The van der Waals surface area contributed by atoms with E-state index in [0.29, 0.717) is 16.5 Å². The summed E-state index contributed by atoms with van der Waals surface area (Å²) in [6.45, 7) is 0.909. The van der Waals surface area contributed by atoms with Gasteiger partial charge >= 0.3 is 6.61 Å². The fourth-order valence-corrected chi connectivity index (χ4v) is 2.51. The van der Waals surface area contributed by atoms with Gasteiger partial charge in [0.15, 0.2) is 0 Å². The van der Waals surface area contributed by atoms with Gasteiger partial charge in [0.1, 0.15) is 5.75 Å². The second-order valence-electron chi connectivity index (χ2n) is 5.95. The van der Waals surface area contributed by atoms with Gasteiger partial charge in [-0.1, -0.05) is 24.3 Å². The van der Waals surface area contributed by atoms with Crippen molar-refractivity contribution in [3.05, 3.63) is 48.2 Å². The summed E-state index contributed by atoms with van der Waals surface area (Å²) in [7, 11) is 0. The molecule has 1 aromatic heterocycles. The third-order valence-electron chi connectivity index (χ3n) is 3.72. The van der Waals surface area contributed by atoms with E-state index in [4.69, 9.17) is 10.5 Å². The molecular weight excluding hydrogens is 371 g/mol. The molecule has 0 aliphatic carbocycles. The first kappa shape index (κ1) is 21.2. The molecule has 0 fully saturated rings. The Labute approximate surface area is 156 Å². The van der Waals surface area contributed by atoms with Crippen molar-refractivity contribution in [1.29, 1.82) is 0 Å². The summed E-state index contributed by atoms with van der Waals surface area (Å²) in [5, 5.41) is 7.15.